The molecule has 0 bridgehead atoms. The lowest BCUT2D eigenvalue weighted by atomic mass is 10.0. The zero-order valence-corrected chi connectivity index (χ0v) is 21.2. The van der Waals surface area contributed by atoms with Crippen molar-refractivity contribution in [3.63, 3.8) is 0 Å². The molecule has 1 unspecified atom stereocenters. The summed E-state index contributed by atoms with van der Waals surface area (Å²) in [6.07, 6.45) is 0. The number of nitrogens with one attached hydrogen (secondary N) is 1. The van der Waals surface area contributed by atoms with Gasteiger partial charge in [-0.15, -0.1) is 10.2 Å². The van der Waals surface area contributed by atoms with Gasteiger partial charge in [-0.3, -0.25) is 14.0 Å². The highest BCUT2D eigenvalue weighted by Crippen LogP contribution is 2.24. The first-order valence-corrected chi connectivity index (χ1v) is 12.8. The quantitative estimate of drug-likeness (QED) is 0.331. The summed E-state index contributed by atoms with van der Waals surface area (Å²) in [5, 5.41) is 12.9. The topological polar surface area (TPSA) is 81.3 Å². The first kappa shape index (κ1) is 23.8. The van der Waals surface area contributed by atoms with Crippen LogP contribution in [0.3, 0.4) is 0 Å². The molecule has 3 aromatic carbocycles. The molecule has 8 heteroatoms. The van der Waals surface area contributed by atoms with E-state index in [0.717, 1.165) is 16.8 Å². The average molecular weight is 498 g/mol. The minimum Gasteiger partial charge on any atom is -0.355 e. The number of hydrogen-bond acceptors (Lipinski definition) is 5. The van der Waals surface area contributed by atoms with Crippen LogP contribution in [0.5, 0.6) is 0 Å². The Morgan fingerprint density at radius 2 is 1.75 bits per heavy atom. The molecule has 36 heavy (non-hydrogen) atoms. The third-order valence-electron chi connectivity index (χ3n) is 6.31. The Hall–Kier alpha value is -3.91. The number of thioether (sulfide) groups is 1. The summed E-state index contributed by atoms with van der Waals surface area (Å²) in [6, 6.07) is 23.5. The van der Waals surface area contributed by atoms with Crippen molar-refractivity contribution in [2.24, 2.45) is 0 Å². The summed E-state index contributed by atoms with van der Waals surface area (Å²) >= 11 is 1.31. The largest absolute Gasteiger partial charge is 0.355 e. The van der Waals surface area contributed by atoms with Gasteiger partial charge < -0.3 is 5.32 Å². The molecule has 2 aromatic heterocycles. The van der Waals surface area contributed by atoms with Gasteiger partial charge in [0, 0.05) is 6.54 Å². The third kappa shape index (κ3) is 4.52. The van der Waals surface area contributed by atoms with E-state index < -0.39 is 0 Å². The smallest absolute Gasteiger partial charge is 0.267 e. The van der Waals surface area contributed by atoms with E-state index in [0.29, 0.717) is 28.4 Å². The first-order valence-electron chi connectivity index (χ1n) is 11.8. The SMILES string of the molecule is Cc1ccc(C)c(-n2c(=O)c3ccccc3n3c(SCC(=O)NCC(C)c4ccccc4)nnc23)c1. The van der Waals surface area contributed by atoms with Gasteiger partial charge >= 0.3 is 0 Å². The van der Waals surface area contributed by atoms with Crippen LogP contribution in [0.15, 0.2) is 82.7 Å². The van der Waals surface area contributed by atoms with Gasteiger partial charge in [0.25, 0.3) is 5.56 Å². The van der Waals surface area contributed by atoms with Gasteiger partial charge in [-0.25, -0.2) is 4.57 Å². The van der Waals surface area contributed by atoms with Gasteiger partial charge in [-0.1, -0.05) is 73.3 Å². The number of aryl methyl sites for hydroxylation is 2. The van der Waals surface area contributed by atoms with Crippen molar-refractivity contribution in [3.05, 3.63) is 99.8 Å². The molecule has 0 saturated heterocycles. The van der Waals surface area contributed by atoms with E-state index >= 15 is 0 Å². The normalized spacial score (nSPS) is 12.2. The first-order chi connectivity index (χ1) is 17.4. The Bertz CT molecular complexity index is 1620. The fourth-order valence-corrected chi connectivity index (χ4v) is 5.07. The molecule has 0 aliphatic carbocycles. The van der Waals surface area contributed by atoms with Crippen molar-refractivity contribution in [1.29, 1.82) is 0 Å². The van der Waals surface area contributed by atoms with Gasteiger partial charge in [-0.2, -0.15) is 0 Å². The van der Waals surface area contributed by atoms with Crippen LogP contribution in [-0.2, 0) is 4.79 Å². The number of benzene rings is 3. The number of rotatable bonds is 7. The maximum absolute atomic E-state index is 13.6. The van der Waals surface area contributed by atoms with Crippen molar-refractivity contribution < 1.29 is 4.79 Å². The lowest BCUT2D eigenvalue weighted by Crippen LogP contribution is -2.29. The summed E-state index contributed by atoms with van der Waals surface area (Å²) in [4.78, 5) is 26.2. The molecule has 182 valence electrons. The van der Waals surface area contributed by atoms with Gasteiger partial charge in [0.05, 0.1) is 22.3 Å². The van der Waals surface area contributed by atoms with Crippen LogP contribution in [0.2, 0.25) is 0 Å². The maximum Gasteiger partial charge on any atom is 0.267 e. The molecule has 2 heterocycles. The minimum absolute atomic E-state index is 0.0771. The molecule has 1 atom stereocenters. The van der Waals surface area contributed by atoms with Gasteiger partial charge in [0.2, 0.25) is 11.7 Å². The summed E-state index contributed by atoms with van der Waals surface area (Å²) in [5.74, 6) is 0.754. The van der Waals surface area contributed by atoms with Crippen LogP contribution in [0.1, 0.15) is 29.5 Å². The molecule has 0 saturated carbocycles. The number of fused-ring (bicyclic) bond motifs is 3. The number of para-hydroxylation sites is 1. The molecule has 0 aliphatic heterocycles. The fraction of sp³-hybridized carbons (Fsp3) is 0.214. The van der Waals surface area contributed by atoms with E-state index in [-0.39, 0.29) is 23.1 Å². The van der Waals surface area contributed by atoms with Crippen molar-refractivity contribution in [1.82, 2.24) is 24.5 Å². The second kappa shape index (κ2) is 9.99. The zero-order chi connectivity index (χ0) is 25.2. The summed E-state index contributed by atoms with van der Waals surface area (Å²) in [6.45, 7) is 6.61. The molecule has 5 rings (SSSR count). The van der Waals surface area contributed by atoms with Gasteiger partial charge in [0.1, 0.15) is 0 Å². The van der Waals surface area contributed by atoms with Crippen molar-refractivity contribution in [2.75, 3.05) is 12.3 Å². The molecule has 1 amide bonds. The summed E-state index contributed by atoms with van der Waals surface area (Å²) in [5.41, 5.74) is 4.53. The van der Waals surface area contributed by atoms with E-state index in [4.69, 9.17) is 0 Å². The Morgan fingerprint density at radius 3 is 2.56 bits per heavy atom. The highest BCUT2D eigenvalue weighted by Gasteiger charge is 2.19. The van der Waals surface area contributed by atoms with E-state index in [1.54, 1.807) is 4.57 Å². The van der Waals surface area contributed by atoms with Crippen LogP contribution in [0.4, 0.5) is 0 Å². The van der Waals surface area contributed by atoms with Crippen LogP contribution in [-0.4, -0.2) is 37.4 Å². The number of carbonyl (C=O) groups excluding carboxylic acids is 1. The van der Waals surface area contributed by atoms with Crippen LogP contribution >= 0.6 is 11.8 Å². The molecule has 0 radical (unpaired) electrons. The predicted molar refractivity (Wildman–Crippen MR) is 144 cm³/mol. The predicted octanol–water partition coefficient (Wildman–Crippen LogP) is 4.66. The van der Waals surface area contributed by atoms with Crippen molar-refractivity contribution in [2.45, 2.75) is 31.8 Å². The third-order valence-corrected chi connectivity index (χ3v) is 7.24. The van der Waals surface area contributed by atoms with E-state index in [9.17, 15) is 9.59 Å². The number of nitrogens with zero attached hydrogens (tertiary/aromatic N) is 4. The standard InChI is InChI=1S/C28H27N5O2S/c1-18-13-14-19(2)24(15-18)32-26(35)22-11-7-8-12-23(22)33-27(32)30-31-28(33)36-17-25(34)29-16-20(3)21-9-5-4-6-10-21/h4-15,20H,16-17H2,1-3H3,(H,29,34). The van der Waals surface area contributed by atoms with Crippen molar-refractivity contribution in [3.8, 4) is 5.69 Å². The lowest BCUT2D eigenvalue weighted by Gasteiger charge is -2.14. The highest BCUT2D eigenvalue weighted by molar-refractivity contribution is 7.99. The molecular formula is C28H27N5O2S. The van der Waals surface area contributed by atoms with Crippen LogP contribution in [0.25, 0.3) is 22.4 Å². The van der Waals surface area contributed by atoms with Crippen LogP contribution < -0.4 is 10.9 Å². The molecular weight excluding hydrogens is 470 g/mol. The molecule has 7 nitrogen and oxygen atoms in total. The zero-order valence-electron chi connectivity index (χ0n) is 20.4. The maximum atomic E-state index is 13.6. The molecule has 0 spiro atoms. The lowest BCUT2D eigenvalue weighted by molar-refractivity contribution is -0.118. The Balaban J connectivity index is 1.46. The fourth-order valence-electron chi connectivity index (χ4n) is 4.30. The Morgan fingerprint density at radius 1 is 1.00 bits per heavy atom. The number of hydrogen-bond donors (Lipinski definition) is 1. The van der Waals surface area contributed by atoms with E-state index in [1.165, 1.54) is 17.3 Å². The second-order valence-corrected chi connectivity index (χ2v) is 9.91. The van der Waals surface area contributed by atoms with Crippen molar-refractivity contribution >= 4 is 34.3 Å². The Labute approximate surface area is 213 Å². The van der Waals surface area contributed by atoms with Gasteiger partial charge in [0.15, 0.2) is 5.16 Å². The molecule has 0 aliphatic rings. The second-order valence-electron chi connectivity index (χ2n) is 8.97. The monoisotopic (exact) mass is 497 g/mol. The molecule has 0 fully saturated rings. The highest BCUT2D eigenvalue weighted by atomic mass is 32.2. The number of aromatic nitrogens is 4. The molecule has 1 N–H and O–H groups in total. The summed E-state index contributed by atoms with van der Waals surface area (Å²) in [7, 11) is 0. The Kier molecular flexibility index (Phi) is 6.61. The van der Waals surface area contributed by atoms with Crippen LogP contribution in [0, 0.1) is 13.8 Å². The van der Waals surface area contributed by atoms with E-state index in [1.807, 2.05) is 78.9 Å². The number of carbonyl (C=O) groups is 1. The minimum atomic E-state index is -0.150. The molecule has 5 aromatic rings. The average Bonchev–Trinajstić information content (AvgIpc) is 3.32. The van der Waals surface area contributed by atoms with Gasteiger partial charge in [-0.05, 0) is 54.7 Å². The summed E-state index contributed by atoms with van der Waals surface area (Å²) < 4.78 is 3.48. The van der Waals surface area contributed by atoms with E-state index in [2.05, 4.69) is 34.6 Å². The number of amides is 1.